The largest absolute Gasteiger partial charge is 0.353 e. The van der Waals surface area contributed by atoms with E-state index in [0.717, 1.165) is 21.5 Å². The number of aryl methyl sites for hydroxylation is 1. The Bertz CT molecular complexity index is 866. The van der Waals surface area contributed by atoms with Crippen molar-refractivity contribution in [3.63, 3.8) is 0 Å². The van der Waals surface area contributed by atoms with Gasteiger partial charge >= 0.3 is 0 Å². The summed E-state index contributed by atoms with van der Waals surface area (Å²) in [5.74, 6) is -0.228. The quantitative estimate of drug-likeness (QED) is 0.677. The lowest BCUT2D eigenvalue weighted by molar-refractivity contribution is 0.0945. The van der Waals surface area contributed by atoms with Crippen LogP contribution in [-0.4, -0.2) is 15.9 Å². The van der Waals surface area contributed by atoms with Crippen molar-refractivity contribution < 1.29 is 4.79 Å². The van der Waals surface area contributed by atoms with E-state index in [-0.39, 0.29) is 5.91 Å². The third-order valence-corrected chi connectivity index (χ3v) is 4.21. The van der Waals surface area contributed by atoms with E-state index < -0.39 is 0 Å². The zero-order valence-electron chi connectivity index (χ0n) is 13.7. The van der Waals surface area contributed by atoms with Crippen LogP contribution in [0.25, 0.3) is 0 Å². The van der Waals surface area contributed by atoms with Crippen LogP contribution in [0.1, 0.15) is 21.7 Å². The van der Waals surface area contributed by atoms with Crippen molar-refractivity contribution >= 4 is 33.2 Å². The molecule has 0 bridgehead atoms. The third kappa shape index (κ3) is 4.64. The molecule has 0 fully saturated rings. The molecule has 0 aliphatic heterocycles. The topological polar surface area (TPSA) is 66.9 Å². The molecule has 0 radical (unpaired) electrons. The summed E-state index contributed by atoms with van der Waals surface area (Å²) >= 11 is 3.53. The SMILES string of the molecule is Cc1ccc(Nc2ccc(C(=O)NCc3ccccn3)nc2)c(Br)c1. The molecule has 3 aromatic rings. The Hall–Kier alpha value is -2.73. The molecule has 0 atom stereocenters. The number of carbonyl (C=O) groups excluding carboxylic acids is 1. The Labute approximate surface area is 154 Å². The molecule has 25 heavy (non-hydrogen) atoms. The molecule has 6 heteroatoms. The number of hydrogen-bond acceptors (Lipinski definition) is 4. The van der Waals surface area contributed by atoms with E-state index in [9.17, 15) is 4.79 Å². The zero-order chi connectivity index (χ0) is 17.6. The summed E-state index contributed by atoms with van der Waals surface area (Å²) in [5.41, 5.74) is 4.10. The number of aromatic nitrogens is 2. The van der Waals surface area contributed by atoms with Gasteiger partial charge in [-0.15, -0.1) is 0 Å². The number of rotatable bonds is 5. The van der Waals surface area contributed by atoms with Crippen molar-refractivity contribution in [2.24, 2.45) is 0 Å². The zero-order valence-corrected chi connectivity index (χ0v) is 15.2. The first-order valence-corrected chi connectivity index (χ1v) is 8.58. The molecule has 0 spiro atoms. The normalized spacial score (nSPS) is 10.3. The highest BCUT2D eigenvalue weighted by molar-refractivity contribution is 9.10. The smallest absolute Gasteiger partial charge is 0.270 e. The molecular weight excluding hydrogens is 380 g/mol. The number of nitrogens with one attached hydrogen (secondary N) is 2. The molecule has 0 aliphatic rings. The average Bonchev–Trinajstić information content (AvgIpc) is 2.63. The summed E-state index contributed by atoms with van der Waals surface area (Å²) in [4.78, 5) is 20.5. The predicted octanol–water partition coefficient (Wildman–Crippen LogP) is 4.22. The molecule has 0 saturated carbocycles. The third-order valence-electron chi connectivity index (χ3n) is 3.56. The standard InChI is InChI=1S/C19H17BrN4O/c1-13-5-7-17(16(20)10-13)24-15-6-8-18(22-12-15)19(25)23-11-14-4-2-3-9-21-14/h2-10,12,24H,11H2,1H3,(H,23,25). The monoisotopic (exact) mass is 396 g/mol. The van der Waals surface area contributed by atoms with Gasteiger partial charge in [0.1, 0.15) is 5.69 Å². The minimum absolute atomic E-state index is 0.228. The van der Waals surface area contributed by atoms with Gasteiger partial charge in [-0.25, -0.2) is 4.98 Å². The van der Waals surface area contributed by atoms with Crippen LogP contribution in [-0.2, 0) is 6.54 Å². The second kappa shape index (κ2) is 7.90. The Morgan fingerprint density at radius 3 is 2.68 bits per heavy atom. The molecule has 0 unspecified atom stereocenters. The number of anilines is 2. The van der Waals surface area contributed by atoms with Gasteiger partial charge in [-0.3, -0.25) is 9.78 Å². The van der Waals surface area contributed by atoms with Gasteiger partial charge in [0.25, 0.3) is 5.91 Å². The van der Waals surface area contributed by atoms with Crippen LogP contribution in [0.2, 0.25) is 0 Å². The van der Waals surface area contributed by atoms with Crippen LogP contribution < -0.4 is 10.6 Å². The minimum atomic E-state index is -0.228. The molecule has 126 valence electrons. The van der Waals surface area contributed by atoms with Gasteiger partial charge in [0, 0.05) is 10.7 Å². The maximum absolute atomic E-state index is 12.1. The maximum Gasteiger partial charge on any atom is 0.270 e. The van der Waals surface area contributed by atoms with Crippen molar-refractivity contribution in [2.45, 2.75) is 13.5 Å². The van der Waals surface area contributed by atoms with Crippen LogP contribution in [0.15, 0.2) is 65.4 Å². The molecule has 1 amide bonds. The van der Waals surface area contributed by atoms with Gasteiger partial charge < -0.3 is 10.6 Å². The summed E-state index contributed by atoms with van der Waals surface area (Å²) in [5, 5.41) is 6.08. The number of pyridine rings is 2. The number of benzene rings is 1. The summed E-state index contributed by atoms with van der Waals surface area (Å²) in [7, 11) is 0. The highest BCUT2D eigenvalue weighted by Crippen LogP contribution is 2.26. The van der Waals surface area contributed by atoms with E-state index in [1.54, 1.807) is 18.5 Å². The molecule has 5 nitrogen and oxygen atoms in total. The van der Waals surface area contributed by atoms with E-state index in [1.165, 1.54) is 5.56 Å². The van der Waals surface area contributed by atoms with Crippen molar-refractivity contribution in [3.05, 3.63) is 82.3 Å². The fourth-order valence-electron chi connectivity index (χ4n) is 2.24. The Morgan fingerprint density at radius 2 is 2.00 bits per heavy atom. The fourth-order valence-corrected chi connectivity index (χ4v) is 2.84. The summed E-state index contributed by atoms with van der Waals surface area (Å²) in [6.07, 6.45) is 3.34. The van der Waals surface area contributed by atoms with Gasteiger partial charge in [0.15, 0.2) is 0 Å². The van der Waals surface area contributed by atoms with E-state index >= 15 is 0 Å². The summed E-state index contributed by atoms with van der Waals surface area (Å²) in [6.45, 7) is 2.41. The molecule has 2 heterocycles. The van der Waals surface area contributed by atoms with Crippen LogP contribution >= 0.6 is 15.9 Å². The van der Waals surface area contributed by atoms with Crippen molar-refractivity contribution in [2.75, 3.05) is 5.32 Å². The molecule has 2 aromatic heterocycles. The molecule has 0 aliphatic carbocycles. The highest BCUT2D eigenvalue weighted by atomic mass is 79.9. The average molecular weight is 397 g/mol. The fraction of sp³-hybridized carbons (Fsp3) is 0.105. The molecular formula is C19H17BrN4O. The lowest BCUT2D eigenvalue weighted by Gasteiger charge is -2.10. The van der Waals surface area contributed by atoms with E-state index in [4.69, 9.17) is 0 Å². The number of amides is 1. The molecule has 2 N–H and O–H groups in total. The highest BCUT2D eigenvalue weighted by Gasteiger charge is 2.08. The second-order valence-electron chi connectivity index (χ2n) is 5.54. The lowest BCUT2D eigenvalue weighted by Crippen LogP contribution is -2.24. The van der Waals surface area contributed by atoms with E-state index in [0.29, 0.717) is 12.2 Å². The van der Waals surface area contributed by atoms with Crippen LogP contribution in [0.3, 0.4) is 0 Å². The van der Waals surface area contributed by atoms with Crippen molar-refractivity contribution in [3.8, 4) is 0 Å². The van der Waals surface area contributed by atoms with Crippen LogP contribution in [0.5, 0.6) is 0 Å². The Morgan fingerprint density at radius 1 is 1.12 bits per heavy atom. The number of halogens is 1. The molecule has 3 rings (SSSR count). The van der Waals surface area contributed by atoms with E-state index in [1.807, 2.05) is 49.4 Å². The molecule has 1 aromatic carbocycles. The maximum atomic E-state index is 12.1. The van der Waals surface area contributed by atoms with Gasteiger partial charge in [-0.05, 0) is 64.8 Å². The second-order valence-corrected chi connectivity index (χ2v) is 6.40. The number of carbonyl (C=O) groups is 1. The predicted molar refractivity (Wildman–Crippen MR) is 102 cm³/mol. The molecule has 0 saturated heterocycles. The first kappa shape index (κ1) is 17.1. The first-order chi connectivity index (χ1) is 12.1. The van der Waals surface area contributed by atoms with Gasteiger partial charge in [0.05, 0.1) is 29.8 Å². The summed E-state index contributed by atoms with van der Waals surface area (Å²) < 4.78 is 0.977. The van der Waals surface area contributed by atoms with E-state index in [2.05, 4.69) is 36.5 Å². The summed E-state index contributed by atoms with van der Waals surface area (Å²) in [6, 6.07) is 15.2. The number of nitrogens with zero attached hydrogens (tertiary/aromatic N) is 2. The minimum Gasteiger partial charge on any atom is -0.353 e. The number of hydrogen-bond donors (Lipinski definition) is 2. The van der Waals surface area contributed by atoms with Crippen molar-refractivity contribution in [1.82, 2.24) is 15.3 Å². The van der Waals surface area contributed by atoms with Crippen molar-refractivity contribution in [1.29, 1.82) is 0 Å². The Balaban J connectivity index is 1.62. The van der Waals surface area contributed by atoms with Gasteiger partial charge in [-0.2, -0.15) is 0 Å². The first-order valence-electron chi connectivity index (χ1n) is 7.79. The Kier molecular flexibility index (Phi) is 5.40. The van der Waals surface area contributed by atoms with Gasteiger partial charge in [-0.1, -0.05) is 12.1 Å². The van der Waals surface area contributed by atoms with Gasteiger partial charge in [0.2, 0.25) is 0 Å². The van der Waals surface area contributed by atoms with Crippen LogP contribution in [0.4, 0.5) is 11.4 Å². The lowest BCUT2D eigenvalue weighted by atomic mass is 10.2. The van der Waals surface area contributed by atoms with Crippen LogP contribution in [0, 0.1) is 6.92 Å².